The highest BCUT2D eigenvalue weighted by Crippen LogP contribution is 2.18. The minimum Gasteiger partial charge on any atom is -0.466 e. The second-order valence-corrected chi connectivity index (χ2v) is 22.1. The number of ether oxygens (including phenoxy) is 1. The number of aliphatic hydroxyl groups excluding tert-OH is 2. The van der Waals surface area contributed by atoms with Crippen LogP contribution in [0.3, 0.4) is 0 Å². The van der Waals surface area contributed by atoms with Gasteiger partial charge in [-0.15, -0.1) is 0 Å². The molecule has 0 rings (SSSR count). The number of aliphatic hydroxyl groups is 2. The number of allylic oxidation sites excluding steroid dienone is 3. The second-order valence-electron chi connectivity index (χ2n) is 22.1. The normalized spacial score (nSPS) is 12.7. The Hall–Kier alpha value is -1.66. The molecule has 3 N–H and O–H groups in total. The van der Waals surface area contributed by atoms with Gasteiger partial charge in [-0.05, 0) is 57.8 Å². The summed E-state index contributed by atoms with van der Waals surface area (Å²) >= 11 is 0. The largest absolute Gasteiger partial charge is 0.466 e. The molecule has 0 aliphatic heterocycles. The molecule has 0 aromatic carbocycles. The zero-order valence-corrected chi connectivity index (χ0v) is 48.0. The van der Waals surface area contributed by atoms with Gasteiger partial charge in [-0.25, -0.2) is 0 Å². The van der Waals surface area contributed by atoms with Crippen LogP contribution in [0.25, 0.3) is 0 Å². The summed E-state index contributed by atoms with van der Waals surface area (Å²) in [6, 6.07) is -0.634. The number of hydrogen-bond donors (Lipinski definition) is 3. The average Bonchev–Trinajstić information content (AvgIpc) is 3.37. The first-order valence-electron chi connectivity index (χ1n) is 32.1. The summed E-state index contributed by atoms with van der Waals surface area (Å²) in [7, 11) is 0. The molecule has 1 amide bonds. The van der Waals surface area contributed by atoms with E-state index in [1.54, 1.807) is 6.08 Å². The van der Waals surface area contributed by atoms with E-state index in [-0.39, 0.29) is 18.5 Å². The molecule has 0 radical (unpaired) electrons. The van der Waals surface area contributed by atoms with E-state index in [0.29, 0.717) is 19.4 Å². The Morgan fingerprint density at radius 3 is 1.00 bits per heavy atom. The Balaban J connectivity index is 3.43. The highest BCUT2D eigenvalue weighted by molar-refractivity contribution is 5.76. The zero-order valence-electron chi connectivity index (χ0n) is 48.0. The molecule has 0 bridgehead atoms. The van der Waals surface area contributed by atoms with E-state index < -0.39 is 12.1 Å². The Labute approximate surface area is 443 Å². The van der Waals surface area contributed by atoms with Gasteiger partial charge >= 0.3 is 5.97 Å². The van der Waals surface area contributed by atoms with Gasteiger partial charge in [-0.2, -0.15) is 0 Å². The summed E-state index contributed by atoms with van der Waals surface area (Å²) < 4.78 is 5.50. The fourth-order valence-electron chi connectivity index (χ4n) is 10.0. The molecule has 0 spiro atoms. The lowest BCUT2D eigenvalue weighted by Crippen LogP contribution is -2.45. The molecule has 0 saturated carbocycles. The van der Waals surface area contributed by atoms with E-state index in [1.807, 2.05) is 6.08 Å². The summed E-state index contributed by atoms with van der Waals surface area (Å²) in [5, 5.41) is 23.2. The molecule has 6 nitrogen and oxygen atoms in total. The molecule has 0 heterocycles. The molecule has 0 aliphatic carbocycles. The second kappa shape index (κ2) is 60.9. The maximum absolute atomic E-state index is 12.5. The monoisotopic (exact) mass is 1000 g/mol. The lowest BCUT2D eigenvalue weighted by Gasteiger charge is -2.20. The highest BCUT2D eigenvalue weighted by atomic mass is 16.5. The predicted octanol–water partition coefficient (Wildman–Crippen LogP) is 20.2. The lowest BCUT2D eigenvalue weighted by molar-refractivity contribution is -0.143. The summed E-state index contributed by atoms with van der Waals surface area (Å²) in [6.07, 6.45) is 75.0. The van der Waals surface area contributed by atoms with Gasteiger partial charge in [0.05, 0.1) is 25.4 Å². The summed E-state index contributed by atoms with van der Waals surface area (Å²) in [5.41, 5.74) is 0. The number of hydrogen-bond acceptors (Lipinski definition) is 5. The molecule has 71 heavy (non-hydrogen) atoms. The quantitative estimate of drug-likeness (QED) is 0.0320. The van der Waals surface area contributed by atoms with Gasteiger partial charge in [-0.3, -0.25) is 9.59 Å². The van der Waals surface area contributed by atoms with Crippen molar-refractivity contribution in [1.29, 1.82) is 0 Å². The van der Waals surface area contributed by atoms with Gasteiger partial charge in [0.25, 0.3) is 0 Å². The summed E-state index contributed by atoms with van der Waals surface area (Å²) in [4.78, 5) is 24.6. The van der Waals surface area contributed by atoms with Crippen LogP contribution in [-0.2, 0) is 14.3 Å². The van der Waals surface area contributed by atoms with Crippen LogP contribution >= 0.6 is 0 Å². The predicted molar refractivity (Wildman–Crippen MR) is 310 cm³/mol. The number of unbranched alkanes of at least 4 members (excludes halogenated alkanes) is 47. The lowest BCUT2D eigenvalue weighted by atomic mass is 10.0. The third kappa shape index (κ3) is 57.5. The van der Waals surface area contributed by atoms with Gasteiger partial charge in [0.15, 0.2) is 0 Å². The van der Waals surface area contributed by atoms with Gasteiger partial charge in [0.2, 0.25) is 5.91 Å². The van der Waals surface area contributed by atoms with Gasteiger partial charge < -0.3 is 20.3 Å². The zero-order chi connectivity index (χ0) is 51.4. The molecular formula is C65H125NO5. The minimum absolute atomic E-state index is 0.00248. The minimum atomic E-state index is -0.850. The van der Waals surface area contributed by atoms with Crippen LogP contribution in [0, 0.1) is 0 Å². The molecular weight excluding hydrogens is 875 g/mol. The van der Waals surface area contributed by atoms with Crippen molar-refractivity contribution in [3.8, 4) is 0 Å². The molecule has 0 fully saturated rings. The van der Waals surface area contributed by atoms with Gasteiger partial charge in [-0.1, -0.05) is 308 Å². The third-order valence-corrected chi connectivity index (χ3v) is 15.0. The summed E-state index contributed by atoms with van der Waals surface area (Å²) in [6.45, 7) is 4.91. The van der Waals surface area contributed by atoms with E-state index >= 15 is 0 Å². The fourth-order valence-corrected chi connectivity index (χ4v) is 10.0. The van der Waals surface area contributed by atoms with Crippen molar-refractivity contribution in [3.63, 3.8) is 0 Å². The molecule has 2 atom stereocenters. The smallest absolute Gasteiger partial charge is 0.305 e. The molecule has 0 saturated heterocycles. The van der Waals surface area contributed by atoms with E-state index in [2.05, 4.69) is 31.3 Å². The molecule has 6 heteroatoms. The molecule has 0 aromatic rings. The number of carbonyl (C=O) groups excluding carboxylic acids is 2. The van der Waals surface area contributed by atoms with E-state index in [4.69, 9.17) is 4.74 Å². The Bertz CT molecular complexity index is 1110. The van der Waals surface area contributed by atoms with Crippen molar-refractivity contribution in [2.75, 3.05) is 13.2 Å². The van der Waals surface area contributed by atoms with E-state index in [9.17, 15) is 19.8 Å². The maximum Gasteiger partial charge on any atom is 0.305 e. The van der Waals surface area contributed by atoms with Crippen molar-refractivity contribution in [2.45, 2.75) is 366 Å². The maximum atomic E-state index is 12.5. The van der Waals surface area contributed by atoms with Crippen LogP contribution in [0.4, 0.5) is 0 Å². The first-order chi connectivity index (χ1) is 35.0. The first kappa shape index (κ1) is 69.3. The van der Waals surface area contributed by atoms with Crippen molar-refractivity contribution in [3.05, 3.63) is 24.3 Å². The fraction of sp³-hybridized carbons (Fsp3) is 0.908. The SMILES string of the molecule is CCCCCCCC/C=C\CCCCCCCCCCCC(=O)OCCCCCCCCCCCCCCCCCCC(=O)NC(CO)C(O)/C=C/CCCCCCCCCCCCCCCCCCC. The van der Waals surface area contributed by atoms with Crippen LogP contribution < -0.4 is 5.32 Å². The van der Waals surface area contributed by atoms with Crippen molar-refractivity contribution in [2.24, 2.45) is 0 Å². The highest BCUT2D eigenvalue weighted by Gasteiger charge is 2.18. The van der Waals surface area contributed by atoms with Crippen molar-refractivity contribution < 1.29 is 24.5 Å². The first-order valence-corrected chi connectivity index (χ1v) is 32.1. The van der Waals surface area contributed by atoms with Crippen LogP contribution in [-0.4, -0.2) is 47.4 Å². The standard InChI is InChI=1S/C65H125NO5/c1-3-5-7-9-11-13-15-17-19-21-23-25-29-33-37-41-45-49-53-57-63(68)62(61-67)66-64(69)58-54-50-46-42-38-34-30-27-28-32-36-40-44-48-52-56-60-71-65(70)59-55-51-47-43-39-35-31-26-24-22-20-18-16-14-12-10-8-6-4-2/h18,20,53,57,62-63,67-68H,3-17,19,21-52,54-56,58-61H2,1-2H3,(H,66,69)/b20-18-,57-53+. The molecule has 2 unspecified atom stereocenters. The number of nitrogens with one attached hydrogen (secondary N) is 1. The molecule has 0 aromatic heterocycles. The average molecular weight is 1000 g/mol. The Kier molecular flexibility index (Phi) is 59.5. The number of carbonyl (C=O) groups is 2. The summed E-state index contributed by atoms with van der Waals surface area (Å²) in [5.74, 6) is -0.0692. The van der Waals surface area contributed by atoms with Gasteiger partial charge in [0.1, 0.15) is 0 Å². The van der Waals surface area contributed by atoms with Crippen LogP contribution in [0.2, 0.25) is 0 Å². The Morgan fingerprint density at radius 1 is 0.380 bits per heavy atom. The van der Waals surface area contributed by atoms with Gasteiger partial charge in [0, 0.05) is 12.8 Å². The topological polar surface area (TPSA) is 95.9 Å². The van der Waals surface area contributed by atoms with E-state index in [1.165, 1.54) is 283 Å². The van der Waals surface area contributed by atoms with Crippen LogP contribution in [0.15, 0.2) is 24.3 Å². The van der Waals surface area contributed by atoms with Crippen LogP contribution in [0.1, 0.15) is 354 Å². The molecule has 0 aliphatic rings. The third-order valence-electron chi connectivity index (χ3n) is 15.0. The van der Waals surface area contributed by atoms with Crippen molar-refractivity contribution in [1.82, 2.24) is 5.32 Å². The van der Waals surface area contributed by atoms with E-state index in [0.717, 1.165) is 44.9 Å². The van der Waals surface area contributed by atoms with Crippen LogP contribution in [0.5, 0.6) is 0 Å². The number of esters is 1. The number of amides is 1. The number of rotatable bonds is 60. The molecule has 420 valence electrons. The van der Waals surface area contributed by atoms with Crippen molar-refractivity contribution >= 4 is 11.9 Å². The Morgan fingerprint density at radius 2 is 0.662 bits per heavy atom.